The van der Waals surface area contributed by atoms with E-state index in [-0.39, 0.29) is 17.5 Å². The highest BCUT2D eigenvalue weighted by atomic mass is 32.2. The SMILES string of the molecule is CC(=N)SC(N)=NC(=O)Cc1cccs1. The van der Waals surface area contributed by atoms with E-state index in [0.29, 0.717) is 5.04 Å². The van der Waals surface area contributed by atoms with Gasteiger partial charge in [-0.15, -0.1) is 11.3 Å². The highest BCUT2D eigenvalue weighted by Crippen LogP contribution is 2.10. The minimum Gasteiger partial charge on any atom is -0.378 e. The predicted molar refractivity (Wildman–Crippen MR) is 65.6 cm³/mol. The number of nitrogens with two attached hydrogens (primary N) is 1. The average molecular weight is 241 g/mol. The van der Waals surface area contributed by atoms with Crippen molar-refractivity contribution in [2.24, 2.45) is 10.7 Å². The average Bonchev–Trinajstić information content (AvgIpc) is 2.53. The number of amides is 1. The van der Waals surface area contributed by atoms with Gasteiger partial charge in [-0.05, 0) is 30.1 Å². The van der Waals surface area contributed by atoms with Crippen LogP contribution in [-0.4, -0.2) is 16.1 Å². The summed E-state index contributed by atoms with van der Waals surface area (Å²) in [6.07, 6.45) is 0.274. The number of rotatable bonds is 2. The van der Waals surface area contributed by atoms with Crippen LogP contribution >= 0.6 is 23.1 Å². The molecule has 0 atom stereocenters. The first kappa shape index (κ1) is 11.9. The summed E-state index contributed by atoms with van der Waals surface area (Å²) in [6, 6.07) is 3.76. The molecule has 0 saturated carbocycles. The lowest BCUT2D eigenvalue weighted by Gasteiger charge is -1.96. The molecular weight excluding hydrogens is 230 g/mol. The quantitative estimate of drug-likeness (QED) is 0.612. The minimum atomic E-state index is -0.274. The molecule has 0 aliphatic heterocycles. The van der Waals surface area contributed by atoms with E-state index in [1.54, 1.807) is 6.92 Å². The molecule has 0 radical (unpaired) electrons. The van der Waals surface area contributed by atoms with Crippen LogP contribution in [0.1, 0.15) is 11.8 Å². The zero-order valence-corrected chi connectivity index (χ0v) is 9.82. The van der Waals surface area contributed by atoms with Gasteiger partial charge in [0.1, 0.15) is 0 Å². The van der Waals surface area contributed by atoms with Crippen molar-refractivity contribution in [3.8, 4) is 0 Å². The third kappa shape index (κ3) is 4.75. The normalized spacial score (nSPS) is 11.4. The van der Waals surface area contributed by atoms with Crippen molar-refractivity contribution < 1.29 is 4.79 Å². The van der Waals surface area contributed by atoms with Crippen molar-refractivity contribution in [3.05, 3.63) is 22.4 Å². The van der Waals surface area contributed by atoms with E-state index < -0.39 is 0 Å². The number of nitrogens with one attached hydrogen (secondary N) is 1. The van der Waals surface area contributed by atoms with Gasteiger partial charge in [0.15, 0.2) is 5.17 Å². The maximum atomic E-state index is 11.4. The van der Waals surface area contributed by atoms with Crippen LogP contribution < -0.4 is 5.73 Å². The number of hydrogen-bond donors (Lipinski definition) is 2. The molecule has 0 aromatic carbocycles. The van der Waals surface area contributed by atoms with Gasteiger partial charge in [-0.25, -0.2) is 0 Å². The molecule has 0 bridgehead atoms. The van der Waals surface area contributed by atoms with Gasteiger partial charge in [0.25, 0.3) is 5.91 Å². The van der Waals surface area contributed by atoms with Gasteiger partial charge in [0.2, 0.25) is 0 Å². The number of amidine groups is 1. The molecule has 0 aliphatic carbocycles. The first-order chi connectivity index (χ1) is 7.08. The maximum absolute atomic E-state index is 11.4. The summed E-state index contributed by atoms with van der Waals surface area (Å²) in [4.78, 5) is 16.0. The van der Waals surface area contributed by atoms with Crippen LogP contribution in [0.2, 0.25) is 0 Å². The third-order valence-electron chi connectivity index (χ3n) is 1.40. The summed E-state index contributed by atoms with van der Waals surface area (Å²) >= 11 is 2.50. The summed E-state index contributed by atoms with van der Waals surface area (Å²) < 4.78 is 0. The summed E-state index contributed by atoms with van der Waals surface area (Å²) in [7, 11) is 0. The Hall–Kier alpha value is -1.14. The number of carbonyl (C=O) groups excluding carboxylic acids is 1. The Morgan fingerprint density at radius 2 is 2.47 bits per heavy atom. The second kappa shape index (κ2) is 5.67. The van der Waals surface area contributed by atoms with Crippen LogP contribution in [0, 0.1) is 5.41 Å². The molecule has 3 N–H and O–H groups in total. The topological polar surface area (TPSA) is 79.3 Å². The summed E-state index contributed by atoms with van der Waals surface area (Å²) in [6.45, 7) is 1.59. The molecule has 0 aliphatic rings. The molecule has 1 amide bonds. The molecule has 6 heteroatoms. The number of aliphatic imine (C=N–C) groups is 1. The Morgan fingerprint density at radius 1 is 1.73 bits per heavy atom. The third-order valence-corrected chi connectivity index (χ3v) is 2.88. The summed E-state index contributed by atoms with van der Waals surface area (Å²) in [5, 5.41) is 9.52. The highest BCUT2D eigenvalue weighted by molar-refractivity contribution is 8.26. The zero-order chi connectivity index (χ0) is 11.3. The Bertz CT molecular complexity index is 384. The van der Waals surface area contributed by atoms with Crippen LogP contribution in [0.5, 0.6) is 0 Å². The lowest BCUT2D eigenvalue weighted by Crippen LogP contribution is -2.12. The monoisotopic (exact) mass is 241 g/mol. The van der Waals surface area contributed by atoms with Crippen molar-refractivity contribution in [1.82, 2.24) is 0 Å². The maximum Gasteiger partial charge on any atom is 0.253 e. The number of hydrogen-bond acceptors (Lipinski definition) is 4. The number of thioether (sulfide) groups is 1. The first-order valence-electron chi connectivity index (χ1n) is 4.20. The van der Waals surface area contributed by atoms with Gasteiger partial charge in [0.05, 0.1) is 11.5 Å². The van der Waals surface area contributed by atoms with Gasteiger partial charge in [-0.2, -0.15) is 4.99 Å². The molecule has 4 nitrogen and oxygen atoms in total. The zero-order valence-electron chi connectivity index (χ0n) is 8.19. The van der Waals surface area contributed by atoms with Crippen LogP contribution in [0.25, 0.3) is 0 Å². The summed E-state index contributed by atoms with van der Waals surface area (Å²) in [5.41, 5.74) is 5.46. The number of nitrogens with zero attached hydrogens (tertiary/aromatic N) is 1. The van der Waals surface area contributed by atoms with Crippen LogP contribution in [0.15, 0.2) is 22.5 Å². The minimum absolute atomic E-state index is 0.129. The molecule has 1 rings (SSSR count). The van der Waals surface area contributed by atoms with Crippen molar-refractivity contribution in [1.29, 1.82) is 5.41 Å². The highest BCUT2D eigenvalue weighted by Gasteiger charge is 2.04. The van der Waals surface area contributed by atoms with E-state index in [1.165, 1.54) is 11.3 Å². The Labute approximate surface area is 96.1 Å². The largest absolute Gasteiger partial charge is 0.378 e. The fourth-order valence-electron chi connectivity index (χ4n) is 0.904. The van der Waals surface area contributed by atoms with Gasteiger partial charge in [0, 0.05) is 4.88 Å². The molecule has 1 aromatic heterocycles. The van der Waals surface area contributed by atoms with E-state index in [1.807, 2.05) is 17.5 Å². The molecule has 80 valence electrons. The smallest absolute Gasteiger partial charge is 0.253 e. The first-order valence-corrected chi connectivity index (χ1v) is 5.90. The van der Waals surface area contributed by atoms with Gasteiger partial charge in [-0.3, -0.25) is 10.2 Å². The lowest BCUT2D eigenvalue weighted by molar-refractivity contribution is -0.117. The van der Waals surface area contributed by atoms with Crippen molar-refractivity contribution >= 4 is 39.2 Å². The van der Waals surface area contributed by atoms with Gasteiger partial charge < -0.3 is 5.73 Å². The van der Waals surface area contributed by atoms with Crippen LogP contribution in [-0.2, 0) is 11.2 Å². The lowest BCUT2D eigenvalue weighted by atomic mass is 10.3. The number of carbonyl (C=O) groups is 1. The Kier molecular flexibility index (Phi) is 4.51. The van der Waals surface area contributed by atoms with E-state index in [4.69, 9.17) is 11.1 Å². The fourth-order valence-corrected chi connectivity index (χ4v) is 2.06. The molecule has 0 saturated heterocycles. The number of thiophene rings is 1. The van der Waals surface area contributed by atoms with Crippen LogP contribution in [0.4, 0.5) is 0 Å². The van der Waals surface area contributed by atoms with E-state index >= 15 is 0 Å². The second-order valence-electron chi connectivity index (χ2n) is 2.76. The molecule has 0 fully saturated rings. The van der Waals surface area contributed by atoms with Gasteiger partial charge >= 0.3 is 0 Å². The second-order valence-corrected chi connectivity index (χ2v) is 5.03. The van der Waals surface area contributed by atoms with E-state index in [9.17, 15) is 4.79 Å². The predicted octanol–water partition coefficient (Wildman–Crippen LogP) is 1.86. The van der Waals surface area contributed by atoms with Crippen molar-refractivity contribution in [2.45, 2.75) is 13.3 Å². The van der Waals surface area contributed by atoms with E-state index in [2.05, 4.69) is 4.99 Å². The fraction of sp³-hybridized carbons (Fsp3) is 0.222. The van der Waals surface area contributed by atoms with Crippen LogP contribution in [0.3, 0.4) is 0 Å². The van der Waals surface area contributed by atoms with Gasteiger partial charge in [-0.1, -0.05) is 6.07 Å². The summed E-state index contributed by atoms with van der Waals surface area (Å²) in [5.74, 6) is -0.274. The molecule has 0 spiro atoms. The molecular formula is C9H11N3OS2. The standard InChI is InChI=1S/C9H11N3OS2/c1-6(10)15-9(11)12-8(13)5-7-3-2-4-14-7/h2-4,10H,5H2,1H3,(H2,11,12,13). The molecule has 1 aromatic rings. The van der Waals surface area contributed by atoms with Crippen molar-refractivity contribution in [3.63, 3.8) is 0 Å². The Balaban J connectivity index is 2.51. The Morgan fingerprint density at radius 3 is 3.00 bits per heavy atom. The van der Waals surface area contributed by atoms with Crippen molar-refractivity contribution in [2.75, 3.05) is 0 Å². The van der Waals surface area contributed by atoms with E-state index in [0.717, 1.165) is 16.6 Å². The molecule has 15 heavy (non-hydrogen) atoms. The molecule has 0 unspecified atom stereocenters. The molecule has 1 heterocycles.